The molecule has 1 aliphatic rings. The number of para-hydroxylation sites is 1. The molecule has 1 heterocycles. The Morgan fingerprint density at radius 1 is 1.04 bits per heavy atom. The van der Waals surface area contributed by atoms with Gasteiger partial charge >= 0.3 is 0 Å². The van der Waals surface area contributed by atoms with Crippen molar-refractivity contribution in [2.45, 2.75) is 13.5 Å². The van der Waals surface area contributed by atoms with E-state index in [0.717, 1.165) is 59.6 Å². The lowest BCUT2D eigenvalue weighted by molar-refractivity contribution is 0.191. The third-order valence-corrected chi connectivity index (χ3v) is 5.41. The number of piperazine rings is 1. The van der Waals surface area contributed by atoms with Crippen LogP contribution in [0.2, 0.25) is 5.02 Å². The van der Waals surface area contributed by atoms with E-state index in [4.69, 9.17) is 28.6 Å². The van der Waals surface area contributed by atoms with Gasteiger partial charge < -0.3 is 14.5 Å². The Hall–Kier alpha value is -1.62. The largest absolute Gasteiger partial charge is 0.488 e. The molecule has 5 heteroatoms. The first-order valence-electron chi connectivity index (χ1n) is 8.66. The molecule has 0 aromatic heterocycles. The molecule has 0 spiro atoms. The molecule has 0 aliphatic carbocycles. The SMILES string of the molecule is CCN1CCN(C(=S)c2ccccc2OCc2ccccc2Cl)CC1. The monoisotopic (exact) mass is 374 g/mol. The lowest BCUT2D eigenvalue weighted by Crippen LogP contribution is -2.48. The second kappa shape index (κ2) is 8.65. The van der Waals surface area contributed by atoms with Gasteiger partial charge in [0.2, 0.25) is 0 Å². The molecule has 0 N–H and O–H groups in total. The van der Waals surface area contributed by atoms with Crippen molar-refractivity contribution in [2.24, 2.45) is 0 Å². The van der Waals surface area contributed by atoms with Crippen molar-refractivity contribution in [1.82, 2.24) is 9.80 Å². The van der Waals surface area contributed by atoms with Gasteiger partial charge in [0, 0.05) is 36.8 Å². The van der Waals surface area contributed by atoms with Crippen molar-refractivity contribution in [3.8, 4) is 5.75 Å². The fourth-order valence-corrected chi connectivity index (χ4v) is 3.52. The molecule has 0 saturated carbocycles. The topological polar surface area (TPSA) is 15.7 Å². The Labute approximate surface area is 160 Å². The third-order valence-electron chi connectivity index (χ3n) is 4.57. The van der Waals surface area contributed by atoms with Crippen LogP contribution in [0, 0.1) is 0 Å². The molecule has 0 amide bonds. The van der Waals surface area contributed by atoms with Gasteiger partial charge in [-0.1, -0.05) is 61.1 Å². The van der Waals surface area contributed by atoms with Gasteiger partial charge in [0.05, 0.1) is 5.56 Å². The van der Waals surface area contributed by atoms with Gasteiger partial charge in [0.15, 0.2) is 0 Å². The van der Waals surface area contributed by atoms with E-state index in [1.54, 1.807) is 0 Å². The van der Waals surface area contributed by atoms with Crippen LogP contribution >= 0.6 is 23.8 Å². The molecule has 132 valence electrons. The van der Waals surface area contributed by atoms with Crippen LogP contribution in [-0.4, -0.2) is 47.5 Å². The first kappa shape index (κ1) is 18.2. The summed E-state index contributed by atoms with van der Waals surface area (Å²) in [7, 11) is 0. The van der Waals surface area contributed by atoms with E-state index in [1.165, 1.54) is 0 Å². The molecule has 1 aliphatic heterocycles. The molecule has 0 atom stereocenters. The van der Waals surface area contributed by atoms with E-state index >= 15 is 0 Å². The number of hydrogen-bond acceptors (Lipinski definition) is 3. The van der Waals surface area contributed by atoms with Crippen LogP contribution in [0.1, 0.15) is 18.1 Å². The van der Waals surface area contributed by atoms with Gasteiger partial charge in [-0.3, -0.25) is 0 Å². The summed E-state index contributed by atoms with van der Waals surface area (Å²) < 4.78 is 6.05. The number of hydrogen-bond donors (Lipinski definition) is 0. The van der Waals surface area contributed by atoms with Crippen molar-refractivity contribution in [3.05, 3.63) is 64.7 Å². The van der Waals surface area contributed by atoms with Gasteiger partial charge in [-0.25, -0.2) is 0 Å². The maximum Gasteiger partial charge on any atom is 0.130 e. The van der Waals surface area contributed by atoms with E-state index < -0.39 is 0 Å². The highest BCUT2D eigenvalue weighted by Crippen LogP contribution is 2.24. The molecule has 2 aromatic carbocycles. The Balaban J connectivity index is 1.70. The number of thiocarbonyl (C=S) groups is 1. The Kier molecular flexibility index (Phi) is 6.29. The number of likely N-dealkylation sites (N-methyl/N-ethyl adjacent to an activating group) is 1. The smallest absolute Gasteiger partial charge is 0.130 e. The zero-order valence-corrected chi connectivity index (χ0v) is 16.0. The third kappa shape index (κ3) is 4.51. The standard InChI is InChI=1S/C20H23ClN2OS/c1-2-22-11-13-23(14-12-22)20(25)17-8-4-6-10-19(17)24-15-16-7-3-5-9-18(16)21/h3-10H,2,11-15H2,1H3. The van der Waals surface area contributed by atoms with Crippen molar-refractivity contribution < 1.29 is 4.74 Å². The number of ether oxygens (including phenoxy) is 1. The van der Waals surface area contributed by atoms with E-state index in [1.807, 2.05) is 48.5 Å². The molecule has 2 aromatic rings. The van der Waals surface area contributed by atoms with Crippen molar-refractivity contribution >= 4 is 28.8 Å². The zero-order valence-electron chi connectivity index (χ0n) is 14.5. The normalized spacial score (nSPS) is 15.2. The van der Waals surface area contributed by atoms with Gasteiger partial charge in [0.1, 0.15) is 17.3 Å². The van der Waals surface area contributed by atoms with E-state index in [0.29, 0.717) is 6.61 Å². The number of nitrogens with zero attached hydrogens (tertiary/aromatic N) is 2. The Morgan fingerprint density at radius 2 is 1.72 bits per heavy atom. The predicted octanol–water partition coefficient (Wildman–Crippen LogP) is 4.23. The molecule has 1 saturated heterocycles. The summed E-state index contributed by atoms with van der Waals surface area (Å²) in [4.78, 5) is 5.59. The Bertz CT molecular complexity index is 729. The van der Waals surface area contributed by atoms with Crippen LogP contribution in [0.5, 0.6) is 5.75 Å². The van der Waals surface area contributed by atoms with Gasteiger partial charge in [-0.2, -0.15) is 0 Å². The Morgan fingerprint density at radius 3 is 2.44 bits per heavy atom. The first-order valence-corrected chi connectivity index (χ1v) is 9.44. The molecule has 1 fully saturated rings. The minimum atomic E-state index is 0.433. The van der Waals surface area contributed by atoms with Crippen LogP contribution in [0.15, 0.2) is 48.5 Å². The van der Waals surface area contributed by atoms with Gasteiger partial charge in [-0.05, 0) is 24.7 Å². The van der Waals surface area contributed by atoms with Crippen LogP contribution in [0.3, 0.4) is 0 Å². The highest BCUT2D eigenvalue weighted by molar-refractivity contribution is 7.80. The minimum absolute atomic E-state index is 0.433. The predicted molar refractivity (Wildman–Crippen MR) is 108 cm³/mol. The average molecular weight is 375 g/mol. The molecule has 0 bridgehead atoms. The van der Waals surface area contributed by atoms with E-state index in [2.05, 4.69) is 16.7 Å². The maximum absolute atomic E-state index is 6.22. The summed E-state index contributed by atoms with van der Waals surface area (Å²) in [5.74, 6) is 0.811. The number of benzene rings is 2. The van der Waals surface area contributed by atoms with Crippen LogP contribution < -0.4 is 4.74 Å². The van der Waals surface area contributed by atoms with E-state index in [-0.39, 0.29) is 0 Å². The average Bonchev–Trinajstić information content (AvgIpc) is 2.67. The number of rotatable bonds is 5. The summed E-state index contributed by atoms with van der Waals surface area (Å²) >= 11 is 12.0. The minimum Gasteiger partial charge on any atom is -0.488 e. The highest BCUT2D eigenvalue weighted by Gasteiger charge is 2.20. The van der Waals surface area contributed by atoms with Crippen LogP contribution in [0.25, 0.3) is 0 Å². The molecule has 3 rings (SSSR count). The second-order valence-electron chi connectivity index (χ2n) is 6.10. The first-order chi connectivity index (χ1) is 12.2. The molecular weight excluding hydrogens is 352 g/mol. The summed E-state index contributed by atoms with van der Waals surface area (Å²) in [6.45, 7) is 7.77. The summed E-state index contributed by atoms with van der Waals surface area (Å²) in [6.07, 6.45) is 0. The van der Waals surface area contributed by atoms with Crippen molar-refractivity contribution in [2.75, 3.05) is 32.7 Å². The summed E-state index contributed by atoms with van der Waals surface area (Å²) in [6, 6.07) is 15.7. The van der Waals surface area contributed by atoms with Crippen molar-refractivity contribution in [3.63, 3.8) is 0 Å². The molecule has 0 unspecified atom stereocenters. The van der Waals surface area contributed by atoms with Crippen LogP contribution in [0.4, 0.5) is 0 Å². The summed E-state index contributed by atoms with van der Waals surface area (Å²) in [5.41, 5.74) is 1.95. The highest BCUT2D eigenvalue weighted by atomic mass is 35.5. The lowest BCUT2D eigenvalue weighted by Gasteiger charge is -2.36. The van der Waals surface area contributed by atoms with Crippen LogP contribution in [-0.2, 0) is 6.61 Å². The fourth-order valence-electron chi connectivity index (χ4n) is 2.98. The van der Waals surface area contributed by atoms with Gasteiger partial charge in [0.25, 0.3) is 0 Å². The zero-order chi connectivity index (χ0) is 17.6. The maximum atomic E-state index is 6.22. The van der Waals surface area contributed by atoms with Gasteiger partial charge in [-0.15, -0.1) is 0 Å². The molecule has 25 heavy (non-hydrogen) atoms. The molecule has 3 nitrogen and oxygen atoms in total. The second-order valence-corrected chi connectivity index (χ2v) is 6.90. The fraction of sp³-hybridized carbons (Fsp3) is 0.350. The quantitative estimate of drug-likeness (QED) is 0.727. The summed E-state index contributed by atoms with van der Waals surface area (Å²) in [5, 5.41) is 0.721. The molecular formula is C20H23ClN2OS. The lowest BCUT2D eigenvalue weighted by atomic mass is 10.1. The molecule has 0 radical (unpaired) electrons. The number of halogens is 1. The van der Waals surface area contributed by atoms with Crippen molar-refractivity contribution in [1.29, 1.82) is 0 Å². The van der Waals surface area contributed by atoms with E-state index in [9.17, 15) is 0 Å².